The number of hydrogen-bond donors (Lipinski definition) is 0. The number of rotatable bonds is 6. The summed E-state index contributed by atoms with van der Waals surface area (Å²) >= 11 is 0. The molecule has 7 nitrogen and oxygen atoms in total. The third-order valence-electron chi connectivity index (χ3n) is 5.99. The molecule has 0 bridgehead atoms. The van der Waals surface area contributed by atoms with E-state index in [9.17, 15) is 18.0 Å². The van der Waals surface area contributed by atoms with Gasteiger partial charge in [-0.15, -0.1) is 0 Å². The Balaban J connectivity index is 1.57. The lowest BCUT2D eigenvalue weighted by Gasteiger charge is -2.38. The molecule has 1 aromatic rings. The molecule has 0 spiro atoms. The lowest BCUT2D eigenvalue weighted by Crippen LogP contribution is -2.54. The molecule has 2 aliphatic rings. The highest BCUT2D eigenvalue weighted by molar-refractivity contribution is 7.91. The maximum atomic E-state index is 13.1. The summed E-state index contributed by atoms with van der Waals surface area (Å²) in [6.07, 6.45) is 1.32. The van der Waals surface area contributed by atoms with Gasteiger partial charge >= 0.3 is 0 Å². The van der Waals surface area contributed by atoms with Crippen molar-refractivity contribution in [3.05, 3.63) is 35.9 Å². The molecular formula is C21H31N3O4S. The minimum absolute atomic E-state index is 0.00992. The Labute approximate surface area is 173 Å². The molecule has 160 valence electrons. The van der Waals surface area contributed by atoms with E-state index in [0.29, 0.717) is 38.2 Å². The number of carbonyl (C=O) groups is 2. The molecule has 0 aromatic heterocycles. The van der Waals surface area contributed by atoms with Crippen LogP contribution >= 0.6 is 0 Å². The number of hydrogen-bond acceptors (Lipinski definition) is 5. The van der Waals surface area contributed by atoms with Crippen molar-refractivity contribution in [1.82, 2.24) is 14.7 Å². The fraction of sp³-hybridized carbons (Fsp3) is 0.619. The van der Waals surface area contributed by atoms with Crippen molar-refractivity contribution in [2.24, 2.45) is 0 Å². The molecular weight excluding hydrogens is 390 g/mol. The van der Waals surface area contributed by atoms with Crippen LogP contribution in [0.5, 0.6) is 0 Å². The number of amides is 2. The monoisotopic (exact) mass is 421 g/mol. The number of sulfone groups is 1. The van der Waals surface area contributed by atoms with Crippen molar-refractivity contribution in [3.63, 3.8) is 0 Å². The second kappa shape index (κ2) is 9.26. The van der Waals surface area contributed by atoms with Crippen LogP contribution in [0, 0.1) is 0 Å². The maximum Gasteiger partial charge on any atom is 0.253 e. The smallest absolute Gasteiger partial charge is 0.253 e. The van der Waals surface area contributed by atoms with Gasteiger partial charge in [0.05, 0.1) is 18.1 Å². The van der Waals surface area contributed by atoms with Crippen molar-refractivity contribution in [2.45, 2.75) is 38.8 Å². The van der Waals surface area contributed by atoms with E-state index in [1.165, 1.54) is 0 Å². The van der Waals surface area contributed by atoms with Crippen LogP contribution in [0.3, 0.4) is 0 Å². The van der Waals surface area contributed by atoms with Gasteiger partial charge in [-0.1, -0.05) is 25.1 Å². The topological polar surface area (TPSA) is 78.0 Å². The van der Waals surface area contributed by atoms with E-state index in [0.717, 1.165) is 6.42 Å². The number of piperazine rings is 1. The molecule has 0 saturated carbocycles. The molecule has 0 unspecified atom stereocenters. The first-order valence-electron chi connectivity index (χ1n) is 10.4. The molecule has 2 atom stereocenters. The van der Waals surface area contributed by atoms with Gasteiger partial charge in [-0.3, -0.25) is 14.5 Å². The van der Waals surface area contributed by atoms with E-state index < -0.39 is 9.84 Å². The van der Waals surface area contributed by atoms with E-state index in [1.54, 1.807) is 4.90 Å². The molecule has 0 N–H and O–H groups in total. The quantitative estimate of drug-likeness (QED) is 0.691. The highest BCUT2D eigenvalue weighted by Crippen LogP contribution is 2.22. The van der Waals surface area contributed by atoms with Crippen LogP contribution in [0.4, 0.5) is 0 Å². The van der Waals surface area contributed by atoms with Crippen LogP contribution in [-0.4, -0.2) is 91.2 Å². The van der Waals surface area contributed by atoms with Crippen molar-refractivity contribution in [1.29, 1.82) is 0 Å². The zero-order chi connectivity index (χ0) is 21.0. The summed E-state index contributed by atoms with van der Waals surface area (Å²) in [5.41, 5.74) is 0.683. The fourth-order valence-corrected chi connectivity index (χ4v) is 5.86. The standard InChI is InChI=1S/C21H31N3O4S/c1-3-17(2)24(19-9-14-29(27,28)16-19)20(25)15-22-10-12-23(13-11-22)21(26)18-7-5-4-6-8-18/h4-8,17,19H,3,9-16H2,1-2H3/t17-,19-/m0/s1. The fourth-order valence-electron chi connectivity index (χ4n) is 4.15. The average molecular weight is 422 g/mol. The highest BCUT2D eigenvalue weighted by Gasteiger charge is 2.37. The third-order valence-corrected chi connectivity index (χ3v) is 7.74. The minimum Gasteiger partial charge on any atom is -0.336 e. The minimum atomic E-state index is -3.04. The van der Waals surface area contributed by atoms with Gasteiger partial charge in [0.1, 0.15) is 0 Å². The summed E-state index contributed by atoms with van der Waals surface area (Å²) < 4.78 is 23.8. The van der Waals surface area contributed by atoms with Crippen molar-refractivity contribution < 1.29 is 18.0 Å². The van der Waals surface area contributed by atoms with Crippen LogP contribution < -0.4 is 0 Å². The zero-order valence-corrected chi connectivity index (χ0v) is 18.1. The van der Waals surface area contributed by atoms with Gasteiger partial charge in [0.15, 0.2) is 9.84 Å². The van der Waals surface area contributed by atoms with Gasteiger partial charge in [0, 0.05) is 43.8 Å². The van der Waals surface area contributed by atoms with E-state index in [-0.39, 0.29) is 41.9 Å². The Kier molecular flexibility index (Phi) is 6.95. The lowest BCUT2D eigenvalue weighted by atomic mass is 10.1. The first-order valence-corrected chi connectivity index (χ1v) is 12.2. The molecule has 0 radical (unpaired) electrons. The largest absolute Gasteiger partial charge is 0.336 e. The Hall–Kier alpha value is -1.93. The summed E-state index contributed by atoms with van der Waals surface area (Å²) in [6.45, 7) is 6.73. The SMILES string of the molecule is CC[C@H](C)N(C(=O)CN1CCN(C(=O)c2ccccc2)CC1)[C@H]1CCS(=O)(=O)C1. The normalized spacial score (nSPS) is 23.0. The summed E-state index contributed by atoms with van der Waals surface area (Å²) in [4.78, 5) is 31.3. The van der Waals surface area contributed by atoms with E-state index >= 15 is 0 Å². The van der Waals surface area contributed by atoms with Crippen LogP contribution in [0.2, 0.25) is 0 Å². The Morgan fingerprint density at radius 2 is 1.79 bits per heavy atom. The summed E-state index contributed by atoms with van der Waals surface area (Å²) in [6, 6.07) is 9.03. The van der Waals surface area contributed by atoms with Gasteiger partial charge in [-0.2, -0.15) is 0 Å². The van der Waals surface area contributed by atoms with Crippen LogP contribution in [0.15, 0.2) is 30.3 Å². The van der Waals surface area contributed by atoms with Gasteiger partial charge in [0.2, 0.25) is 5.91 Å². The predicted octanol–water partition coefficient (Wildman–Crippen LogP) is 1.26. The van der Waals surface area contributed by atoms with E-state index in [2.05, 4.69) is 4.90 Å². The molecule has 2 fully saturated rings. The number of nitrogens with zero attached hydrogens (tertiary/aromatic N) is 3. The molecule has 2 aliphatic heterocycles. The van der Waals surface area contributed by atoms with Crippen LogP contribution in [-0.2, 0) is 14.6 Å². The Morgan fingerprint density at radius 1 is 1.14 bits per heavy atom. The van der Waals surface area contributed by atoms with Gasteiger partial charge < -0.3 is 9.80 Å². The molecule has 3 rings (SSSR count). The molecule has 1 aromatic carbocycles. The van der Waals surface area contributed by atoms with Gasteiger partial charge in [-0.25, -0.2) is 8.42 Å². The summed E-state index contributed by atoms with van der Waals surface area (Å²) in [7, 11) is -3.04. The molecule has 29 heavy (non-hydrogen) atoms. The maximum absolute atomic E-state index is 13.1. The zero-order valence-electron chi connectivity index (χ0n) is 17.3. The third kappa shape index (κ3) is 5.36. The van der Waals surface area contributed by atoms with Crippen molar-refractivity contribution in [3.8, 4) is 0 Å². The van der Waals surface area contributed by atoms with E-state index in [1.807, 2.05) is 49.1 Å². The number of benzene rings is 1. The molecule has 0 aliphatic carbocycles. The predicted molar refractivity (Wildman–Crippen MR) is 112 cm³/mol. The summed E-state index contributed by atoms with van der Waals surface area (Å²) in [5.74, 6) is 0.249. The van der Waals surface area contributed by atoms with E-state index in [4.69, 9.17) is 0 Å². The lowest BCUT2D eigenvalue weighted by molar-refractivity contribution is -0.137. The first kappa shape index (κ1) is 21.8. The Morgan fingerprint density at radius 3 is 2.34 bits per heavy atom. The Bertz CT molecular complexity index is 820. The van der Waals surface area contributed by atoms with Gasteiger partial charge in [0.25, 0.3) is 5.91 Å². The average Bonchev–Trinajstić information content (AvgIpc) is 3.07. The highest BCUT2D eigenvalue weighted by atomic mass is 32.2. The van der Waals surface area contributed by atoms with Crippen molar-refractivity contribution >= 4 is 21.7 Å². The first-order chi connectivity index (χ1) is 13.8. The van der Waals surface area contributed by atoms with Gasteiger partial charge in [-0.05, 0) is 31.9 Å². The molecule has 8 heteroatoms. The molecule has 2 amide bonds. The second-order valence-corrected chi connectivity index (χ2v) is 10.3. The molecule has 2 saturated heterocycles. The number of carbonyl (C=O) groups excluding carboxylic acids is 2. The van der Waals surface area contributed by atoms with Crippen LogP contribution in [0.1, 0.15) is 37.0 Å². The van der Waals surface area contributed by atoms with Crippen LogP contribution in [0.25, 0.3) is 0 Å². The second-order valence-electron chi connectivity index (χ2n) is 8.05. The van der Waals surface area contributed by atoms with Crippen molar-refractivity contribution in [2.75, 3.05) is 44.2 Å². The summed E-state index contributed by atoms with van der Waals surface area (Å²) in [5, 5.41) is 0. The molecule has 2 heterocycles.